The first-order valence-corrected chi connectivity index (χ1v) is 13.9. The molecule has 0 saturated carbocycles. The molecule has 0 saturated heterocycles. The van der Waals surface area contributed by atoms with E-state index in [2.05, 4.69) is 29.1 Å². The lowest BCUT2D eigenvalue weighted by Gasteiger charge is -2.12. The van der Waals surface area contributed by atoms with Gasteiger partial charge in [0.2, 0.25) is 0 Å². The van der Waals surface area contributed by atoms with E-state index in [1.165, 1.54) is 14.2 Å². The zero-order valence-corrected chi connectivity index (χ0v) is 25.3. The predicted molar refractivity (Wildman–Crippen MR) is 162 cm³/mol. The molecule has 0 atom stereocenters. The van der Waals surface area contributed by atoms with Crippen LogP contribution in [0.3, 0.4) is 0 Å². The minimum Gasteiger partial charge on any atom is -0.493 e. The van der Waals surface area contributed by atoms with Crippen molar-refractivity contribution >= 4 is 18.2 Å². The number of nitrogens with one attached hydrogen (secondary N) is 3. The number of aliphatic carboxylic acids is 1. The number of unbranched alkanes of at least 4 members (excludes halogenated alkanes) is 1. The fraction of sp³-hybridized carbons (Fsp3) is 0.387. The number of halogens is 3. The van der Waals surface area contributed by atoms with Gasteiger partial charge in [-0.3, -0.25) is 0 Å². The van der Waals surface area contributed by atoms with Gasteiger partial charge in [-0.05, 0) is 80.6 Å². The normalized spacial score (nSPS) is 10.4. The van der Waals surface area contributed by atoms with Crippen LogP contribution in [0.15, 0.2) is 61.7 Å². The highest BCUT2D eigenvalue weighted by molar-refractivity contribution is 5.73. The average molecular weight is 640 g/mol. The number of ether oxygens (including phenoxy) is 4. The SMILES string of the molecule is C=CCc1ccc(OC(=O)NCCCCNCCCNC(=O)Oc2ccc(CC=C)cc2OC)c(OC)c1.O=C(O)C(F)(F)F. The molecule has 0 aliphatic rings. The molecular weight excluding hydrogens is 599 g/mol. The van der Waals surface area contributed by atoms with Gasteiger partial charge in [0.1, 0.15) is 0 Å². The average Bonchev–Trinajstić information content (AvgIpc) is 2.99. The summed E-state index contributed by atoms with van der Waals surface area (Å²) in [6.45, 7) is 9.97. The van der Waals surface area contributed by atoms with Gasteiger partial charge in [0, 0.05) is 13.1 Å². The van der Waals surface area contributed by atoms with Gasteiger partial charge < -0.3 is 40.0 Å². The summed E-state index contributed by atoms with van der Waals surface area (Å²) in [7, 11) is 3.07. The number of carbonyl (C=O) groups is 3. The van der Waals surface area contributed by atoms with E-state index >= 15 is 0 Å². The lowest BCUT2D eigenvalue weighted by molar-refractivity contribution is -0.192. The van der Waals surface area contributed by atoms with E-state index in [0.29, 0.717) is 48.9 Å². The molecule has 2 rings (SSSR count). The molecule has 248 valence electrons. The standard InChI is InChI=1S/C29H39N3O6.C2HF3O2/c1-5-10-22-12-14-24(26(20-22)35-3)37-28(33)31-18-8-7-16-30-17-9-19-32-29(34)38-25-15-13-23(11-6-2)21-27(25)36-4;3-2(4,5)1(6)7/h5-6,12-15,20-21,30H,1-2,7-11,16-19H2,3-4H3,(H,31,33)(H,32,34);(H,6,7). The fourth-order valence-corrected chi connectivity index (χ4v) is 3.55. The highest BCUT2D eigenvalue weighted by atomic mass is 19.4. The molecule has 0 bridgehead atoms. The van der Waals surface area contributed by atoms with E-state index in [-0.39, 0.29) is 0 Å². The predicted octanol–water partition coefficient (Wildman–Crippen LogP) is 5.43. The van der Waals surface area contributed by atoms with Crippen LogP contribution in [0.25, 0.3) is 0 Å². The maximum absolute atomic E-state index is 12.1. The topological polar surface area (TPSA) is 144 Å². The van der Waals surface area contributed by atoms with Crippen LogP contribution in [0.1, 0.15) is 30.4 Å². The molecule has 4 N–H and O–H groups in total. The Labute approximate surface area is 260 Å². The second kappa shape index (κ2) is 21.1. The Kier molecular flexibility index (Phi) is 17.9. The molecule has 2 aromatic carbocycles. The van der Waals surface area contributed by atoms with E-state index in [1.807, 2.05) is 24.3 Å². The lowest BCUT2D eigenvalue weighted by atomic mass is 10.1. The molecule has 0 heterocycles. The number of hydrogen-bond donors (Lipinski definition) is 4. The van der Waals surface area contributed by atoms with Crippen LogP contribution in [0.5, 0.6) is 23.0 Å². The van der Waals surface area contributed by atoms with Crippen molar-refractivity contribution in [3.05, 3.63) is 72.8 Å². The highest BCUT2D eigenvalue weighted by Crippen LogP contribution is 2.29. The van der Waals surface area contributed by atoms with Crippen molar-refractivity contribution < 1.29 is 51.6 Å². The van der Waals surface area contributed by atoms with E-state index in [1.54, 1.807) is 24.3 Å². The molecule has 0 radical (unpaired) electrons. The Hall–Kier alpha value is -4.72. The molecule has 14 heteroatoms. The minimum atomic E-state index is -5.08. The number of carboxylic acid groups (broad SMARTS) is 1. The number of hydrogen-bond acceptors (Lipinski definition) is 8. The Bertz CT molecular complexity index is 1170. The molecule has 0 unspecified atom stereocenters. The fourth-order valence-electron chi connectivity index (χ4n) is 3.55. The van der Waals surface area contributed by atoms with Crippen molar-refractivity contribution in [2.75, 3.05) is 40.4 Å². The Morgan fingerprint density at radius 3 is 1.53 bits per heavy atom. The minimum absolute atomic E-state index is 0.369. The summed E-state index contributed by atoms with van der Waals surface area (Å²) in [4.78, 5) is 33.0. The maximum Gasteiger partial charge on any atom is 0.490 e. The molecule has 2 aromatic rings. The van der Waals surface area contributed by atoms with Gasteiger partial charge in [-0.25, -0.2) is 14.4 Å². The van der Waals surface area contributed by atoms with E-state index in [9.17, 15) is 22.8 Å². The van der Waals surface area contributed by atoms with Crippen molar-refractivity contribution in [3.63, 3.8) is 0 Å². The highest BCUT2D eigenvalue weighted by Gasteiger charge is 2.38. The number of alkyl halides is 3. The van der Waals surface area contributed by atoms with Crippen LogP contribution < -0.4 is 34.9 Å². The van der Waals surface area contributed by atoms with Crippen molar-refractivity contribution in [1.82, 2.24) is 16.0 Å². The number of allylic oxidation sites excluding steroid dienone is 2. The van der Waals surface area contributed by atoms with E-state index in [0.717, 1.165) is 43.5 Å². The molecule has 0 aliphatic heterocycles. The number of carbonyl (C=O) groups excluding carboxylic acids is 2. The zero-order valence-electron chi connectivity index (χ0n) is 25.3. The Morgan fingerprint density at radius 1 is 0.733 bits per heavy atom. The van der Waals surface area contributed by atoms with E-state index < -0.39 is 24.3 Å². The Morgan fingerprint density at radius 2 is 1.13 bits per heavy atom. The number of amides is 2. The van der Waals surface area contributed by atoms with Gasteiger partial charge in [-0.15, -0.1) is 13.2 Å². The van der Waals surface area contributed by atoms with Crippen LogP contribution in [-0.2, 0) is 17.6 Å². The molecule has 0 aromatic heterocycles. The van der Waals surface area contributed by atoms with Crippen LogP contribution >= 0.6 is 0 Å². The molecule has 11 nitrogen and oxygen atoms in total. The van der Waals surface area contributed by atoms with Crippen LogP contribution in [-0.4, -0.2) is 69.8 Å². The number of benzene rings is 2. The van der Waals surface area contributed by atoms with Gasteiger partial charge >= 0.3 is 24.3 Å². The first-order valence-electron chi connectivity index (χ1n) is 13.9. The summed E-state index contributed by atoms with van der Waals surface area (Å²) in [5, 5.41) is 15.9. The first-order chi connectivity index (χ1) is 21.4. The summed E-state index contributed by atoms with van der Waals surface area (Å²) in [6, 6.07) is 10.8. The molecule has 45 heavy (non-hydrogen) atoms. The molecule has 0 spiro atoms. The van der Waals surface area contributed by atoms with Gasteiger partial charge in [0.05, 0.1) is 14.2 Å². The molecular formula is C31H40F3N3O8. The molecule has 0 aliphatic carbocycles. The molecule has 2 amide bonds. The summed E-state index contributed by atoms with van der Waals surface area (Å²) in [6.07, 6.45) is 1.33. The third kappa shape index (κ3) is 16.1. The first kappa shape index (κ1) is 38.3. The summed E-state index contributed by atoms with van der Waals surface area (Å²) in [5.74, 6) is -1.01. The third-order valence-corrected chi connectivity index (χ3v) is 5.71. The summed E-state index contributed by atoms with van der Waals surface area (Å²) < 4.78 is 53.1. The van der Waals surface area contributed by atoms with Crippen molar-refractivity contribution in [2.45, 2.75) is 38.3 Å². The van der Waals surface area contributed by atoms with Crippen molar-refractivity contribution in [2.24, 2.45) is 0 Å². The van der Waals surface area contributed by atoms with Crippen LogP contribution in [0.2, 0.25) is 0 Å². The van der Waals surface area contributed by atoms with Crippen molar-refractivity contribution in [3.8, 4) is 23.0 Å². The number of rotatable bonds is 17. The van der Waals surface area contributed by atoms with Gasteiger partial charge in [-0.1, -0.05) is 24.3 Å². The van der Waals surface area contributed by atoms with Crippen LogP contribution in [0.4, 0.5) is 22.8 Å². The van der Waals surface area contributed by atoms with Crippen molar-refractivity contribution in [1.29, 1.82) is 0 Å². The maximum atomic E-state index is 12.1. The smallest absolute Gasteiger partial charge is 0.490 e. The third-order valence-electron chi connectivity index (χ3n) is 5.71. The lowest BCUT2D eigenvalue weighted by Crippen LogP contribution is -2.30. The zero-order chi connectivity index (χ0) is 33.7. The number of carboxylic acids is 1. The van der Waals surface area contributed by atoms with E-state index in [4.69, 9.17) is 28.8 Å². The number of methoxy groups -OCH3 is 2. The van der Waals surface area contributed by atoms with Crippen LogP contribution in [0, 0.1) is 0 Å². The van der Waals surface area contributed by atoms with Gasteiger partial charge in [0.25, 0.3) is 0 Å². The summed E-state index contributed by atoms with van der Waals surface area (Å²) in [5.41, 5.74) is 2.05. The molecule has 0 fully saturated rings. The van der Waals surface area contributed by atoms with Gasteiger partial charge in [-0.2, -0.15) is 13.2 Å². The summed E-state index contributed by atoms with van der Waals surface area (Å²) >= 11 is 0. The quantitative estimate of drug-likeness (QED) is 0.132. The van der Waals surface area contributed by atoms with Gasteiger partial charge in [0.15, 0.2) is 23.0 Å². The second-order valence-electron chi connectivity index (χ2n) is 9.20. The Balaban J connectivity index is 0.00000129. The second-order valence-corrected chi connectivity index (χ2v) is 9.20. The largest absolute Gasteiger partial charge is 0.493 e. The monoisotopic (exact) mass is 639 g/mol.